The van der Waals surface area contributed by atoms with Gasteiger partial charge >= 0.3 is 0 Å². The Morgan fingerprint density at radius 1 is 0.792 bits per heavy atom. The first kappa shape index (κ1) is 15.0. The molecular weight excluding hydrogens is 317 g/mol. The average Bonchev–Trinajstić information content (AvgIpc) is 2.97. The molecule has 0 aliphatic carbocycles. The van der Waals surface area contributed by atoms with Crippen LogP contribution in [0, 0.1) is 19.7 Å². The standard InChI is InChI=1S/C21H16FNS/c1-13-9-14(2)11-17(10-13)19-8-5-16-12-20(24-21(16)23-19)15-3-6-18(22)7-4-15/h3-12H,1-2H3. The number of aryl methyl sites for hydroxylation is 2. The van der Waals surface area contributed by atoms with Crippen LogP contribution in [0.15, 0.2) is 60.7 Å². The lowest BCUT2D eigenvalue weighted by atomic mass is 10.0. The van der Waals surface area contributed by atoms with E-state index in [1.807, 2.05) is 12.1 Å². The van der Waals surface area contributed by atoms with Crippen LogP contribution in [-0.2, 0) is 0 Å². The molecule has 0 spiro atoms. The van der Waals surface area contributed by atoms with Crippen molar-refractivity contribution < 1.29 is 4.39 Å². The highest BCUT2D eigenvalue weighted by Gasteiger charge is 2.08. The number of fused-ring (bicyclic) bond motifs is 1. The van der Waals surface area contributed by atoms with Gasteiger partial charge in [0.05, 0.1) is 5.69 Å². The Hall–Kier alpha value is -2.52. The van der Waals surface area contributed by atoms with Gasteiger partial charge in [-0.1, -0.05) is 29.3 Å². The molecule has 0 atom stereocenters. The molecule has 0 fully saturated rings. The summed E-state index contributed by atoms with van der Waals surface area (Å²) in [5.41, 5.74) is 5.63. The third-order valence-electron chi connectivity index (χ3n) is 4.03. The first-order valence-electron chi connectivity index (χ1n) is 7.84. The van der Waals surface area contributed by atoms with Crippen molar-refractivity contribution in [1.29, 1.82) is 0 Å². The van der Waals surface area contributed by atoms with Crippen LogP contribution in [0.1, 0.15) is 11.1 Å². The van der Waals surface area contributed by atoms with Gasteiger partial charge in [0.15, 0.2) is 0 Å². The normalized spacial score (nSPS) is 11.1. The van der Waals surface area contributed by atoms with Crippen molar-refractivity contribution in [2.24, 2.45) is 0 Å². The molecule has 1 nitrogen and oxygen atoms in total. The van der Waals surface area contributed by atoms with E-state index in [-0.39, 0.29) is 5.82 Å². The van der Waals surface area contributed by atoms with Crippen molar-refractivity contribution in [3.05, 3.63) is 77.6 Å². The summed E-state index contributed by atoms with van der Waals surface area (Å²) in [5.74, 6) is -0.213. The van der Waals surface area contributed by atoms with Gasteiger partial charge in [-0.25, -0.2) is 9.37 Å². The second-order valence-electron chi connectivity index (χ2n) is 6.08. The number of rotatable bonds is 2. The maximum atomic E-state index is 13.1. The molecule has 0 N–H and O–H groups in total. The van der Waals surface area contributed by atoms with Crippen LogP contribution in [0.3, 0.4) is 0 Å². The lowest BCUT2D eigenvalue weighted by Crippen LogP contribution is -1.85. The second kappa shape index (κ2) is 5.84. The summed E-state index contributed by atoms with van der Waals surface area (Å²) in [4.78, 5) is 6.95. The van der Waals surface area contributed by atoms with Crippen LogP contribution in [0.25, 0.3) is 31.9 Å². The Bertz CT molecular complexity index is 1010. The van der Waals surface area contributed by atoms with Crippen LogP contribution in [0.2, 0.25) is 0 Å². The monoisotopic (exact) mass is 333 g/mol. The van der Waals surface area contributed by atoms with Gasteiger partial charge in [-0.05, 0) is 61.9 Å². The first-order valence-corrected chi connectivity index (χ1v) is 8.65. The van der Waals surface area contributed by atoms with Crippen molar-refractivity contribution in [2.45, 2.75) is 13.8 Å². The largest absolute Gasteiger partial charge is 0.237 e. The van der Waals surface area contributed by atoms with Crippen LogP contribution >= 0.6 is 11.3 Å². The van der Waals surface area contributed by atoms with Gasteiger partial charge in [0.1, 0.15) is 10.6 Å². The van der Waals surface area contributed by atoms with Gasteiger partial charge < -0.3 is 0 Å². The lowest BCUT2D eigenvalue weighted by molar-refractivity contribution is 0.628. The van der Waals surface area contributed by atoms with Crippen molar-refractivity contribution in [3.8, 4) is 21.7 Å². The molecule has 0 saturated heterocycles. The van der Waals surface area contributed by atoms with Gasteiger partial charge in [-0.2, -0.15) is 0 Å². The van der Waals surface area contributed by atoms with E-state index in [1.165, 1.54) is 23.3 Å². The van der Waals surface area contributed by atoms with Gasteiger partial charge in [-0.3, -0.25) is 0 Å². The summed E-state index contributed by atoms with van der Waals surface area (Å²) in [6.07, 6.45) is 0. The molecule has 2 aromatic heterocycles. The Morgan fingerprint density at radius 2 is 1.50 bits per heavy atom. The number of thiophene rings is 1. The zero-order valence-corrected chi connectivity index (χ0v) is 14.3. The molecule has 2 heterocycles. The highest BCUT2D eigenvalue weighted by Crippen LogP contribution is 2.34. The predicted octanol–water partition coefficient (Wildman–Crippen LogP) is 6.39. The SMILES string of the molecule is Cc1cc(C)cc(-c2ccc3cc(-c4ccc(F)cc4)sc3n2)c1. The third-order valence-corrected chi connectivity index (χ3v) is 5.12. The van der Waals surface area contributed by atoms with Gasteiger partial charge in [0.25, 0.3) is 0 Å². The average molecular weight is 333 g/mol. The summed E-state index contributed by atoms with van der Waals surface area (Å²) < 4.78 is 13.1. The molecule has 0 aliphatic heterocycles. The quantitative estimate of drug-likeness (QED) is 0.414. The number of aromatic nitrogens is 1. The lowest BCUT2D eigenvalue weighted by Gasteiger charge is -2.04. The van der Waals surface area contributed by atoms with Crippen LogP contribution in [0.5, 0.6) is 0 Å². The van der Waals surface area contributed by atoms with Crippen molar-refractivity contribution in [3.63, 3.8) is 0 Å². The van der Waals surface area contributed by atoms with Crippen molar-refractivity contribution in [1.82, 2.24) is 4.98 Å². The number of nitrogens with zero attached hydrogens (tertiary/aromatic N) is 1. The maximum Gasteiger partial charge on any atom is 0.124 e. The minimum absolute atomic E-state index is 0.213. The Labute approximate surface area is 144 Å². The smallest absolute Gasteiger partial charge is 0.124 e. The molecule has 118 valence electrons. The van der Waals surface area contributed by atoms with Gasteiger partial charge in [-0.15, -0.1) is 11.3 Å². The van der Waals surface area contributed by atoms with Crippen molar-refractivity contribution >= 4 is 21.6 Å². The molecule has 0 amide bonds. The van der Waals surface area contributed by atoms with E-state index in [4.69, 9.17) is 4.98 Å². The molecule has 24 heavy (non-hydrogen) atoms. The van der Waals surface area contributed by atoms with Gasteiger partial charge in [0, 0.05) is 15.8 Å². The molecule has 4 rings (SSSR count). The topological polar surface area (TPSA) is 12.9 Å². The van der Waals surface area contributed by atoms with E-state index in [1.54, 1.807) is 11.3 Å². The van der Waals surface area contributed by atoms with Crippen LogP contribution < -0.4 is 0 Å². The number of pyridine rings is 1. The van der Waals surface area contributed by atoms with E-state index in [0.717, 1.165) is 31.9 Å². The molecule has 0 bridgehead atoms. The molecule has 0 unspecified atom stereocenters. The van der Waals surface area contributed by atoms with E-state index in [2.05, 4.69) is 50.2 Å². The number of hydrogen-bond donors (Lipinski definition) is 0. The maximum absolute atomic E-state index is 13.1. The highest BCUT2D eigenvalue weighted by atomic mass is 32.1. The fourth-order valence-corrected chi connectivity index (χ4v) is 3.99. The summed E-state index contributed by atoms with van der Waals surface area (Å²) >= 11 is 1.64. The Morgan fingerprint density at radius 3 is 2.21 bits per heavy atom. The second-order valence-corrected chi connectivity index (χ2v) is 7.12. The summed E-state index contributed by atoms with van der Waals surface area (Å²) in [5, 5.41) is 1.12. The van der Waals surface area contributed by atoms with E-state index in [9.17, 15) is 4.39 Å². The van der Waals surface area contributed by atoms with E-state index >= 15 is 0 Å². The van der Waals surface area contributed by atoms with E-state index in [0.29, 0.717) is 0 Å². The molecule has 4 aromatic rings. The zero-order valence-electron chi connectivity index (χ0n) is 13.5. The summed E-state index contributed by atoms with van der Waals surface area (Å²) in [6.45, 7) is 4.21. The molecule has 2 aromatic carbocycles. The number of benzene rings is 2. The number of hydrogen-bond acceptors (Lipinski definition) is 2. The Balaban J connectivity index is 1.79. The molecule has 3 heteroatoms. The van der Waals surface area contributed by atoms with Gasteiger partial charge in [0.2, 0.25) is 0 Å². The molecule has 0 radical (unpaired) electrons. The molecule has 0 aliphatic rings. The fourth-order valence-electron chi connectivity index (χ4n) is 2.96. The Kier molecular flexibility index (Phi) is 3.66. The number of halogens is 1. The summed E-state index contributed by atoms with van der Waals surface area (Å²) in [6, 6.07) is 19.4. The minimum Gasteiger partial charge on any atom is -0.237 e. The highest BCUT2D eigenvalue weighted by molar-refractivity contribution is 7.21. The summed E-state index contributed by atoms with van der Waals surface area (Å²) in [7, 11) is 0. The molecule has 0 saturated carbocycles. The zero-order chi connectivity index (χ0) is 16.7. The predicted molar refractivity (Wildman–Crippen MR) is 99.9 cm³/mol. The van der Waals surface area contributed by atoms with Crippen LogP contribution in [0.4, 0.5) is 4.39 Å². The van der Waals surface area contributed by atoms with E-state index < -0.39 is 0 Å². The fraction of sp³-hybridized carbons (Fsp3) is 0.0952. The van der Waals surface area contributed by atoms with Crippen molar-refractivity contribution in [2.75, 3.05) is 0 Å². The molecular formula is C21H16FNS. The van der Waals surface area contributed by atoms with Crippen LogP contribution in [-0.4, -0.2) is 4.98 Å². The third kappa shape index (κ3) is 2.83. The first-order chi connectivity index (χ1) is 11.6. The minimum atomic E-state index is -0.213.